The maximum absolute atomic E-state index is 11.3. The van der Waals surface area contributed by atoms with Crippen LogP contribution in [0.5, 0.6) is 0 Å². The van der Waals surface area contributed by atoms with Crippen molar-refractivity contribution in [1.29, 1.82) is 0 Å². The van der Waals surface area contributed by atoms with Crippen molar-refractivity contribution in [3.63, 3.8) is 0 Å². The van der Waals surface area contributed by atoms with Crippen LogP contribution >= 0.6 is 0 Å². The maximum Gasteiger partial charge on any atom is 0.358 e. The van der Waals surface area contributed by atoms with Crippen molar-refractivity contribution < 1.29 is 9.53 Å². The highest BCUT2D eigenvalue weighted by atomic mass is 16.5. The first-order chi connectivity index (χ1) is 6.69. The molecule has 1 heterocycles. The van der Waals surface area contributed by atoms with Crippen molar-refractivity contribution in [2.45, 2.75) is 33.7 Å². The summed E-state index contributed by atoms with van der Waals surface area (Å²) in [5, 5.41) is 4.16. The van der Waals surface area contributed by atoms with Crippen molar-refractivity contribution >= 4 is 5.97 Å². The summed E-state index contributed by atoms with van der Waals surface area (Å²) in [5.41, 5.74) is 1.40. The van der Waals surface area contributed by atoms with Gasteiger partial charge in [-0.2, -0.15) is 5.10 Å². The van der Waals surface area contributed by atoms with E-state index in [1.165, 1.54) is 0 Å². The van der Waals surface area contributed by atoms with Gasteiger partial charge in [0.05, 0.1) is 6.61 Å². The topological polar surface area (TPSA) is 44.1 Å². The summed E-state index contributed by atoms with van der Waals surface area (Å²) in [6, 6.07) is 1.76. The molecule has 0 atom stereocenters. The number of hydrogen-bond acceptors (Lipinski definition) is 3. The first-order valence-corrected chi connectivity index (χ1v) is 4.90. The zero-order valence-electron chi connectivity index (χ0n) is 8.91. The average Bonchev–Trinajstić information content (AvgIpc) is 2.49. The molecule has 14 heavy (non-hydrogen) atoms. The van der Waals surface area contributed by atoms with Gasteiger partial charge in [0, 0.05) is 12.2 Å². The SMILES string of the molecule is CCCn1nc(C(=O)OCC)cc1C. The Morgan fingerprint density at radius 3 is 2.86 bits per heavy atom. The van der Waals surface area contributed by atoms with E-state index in [1.54, 1.807) is 13.0 Å². The van der Waals surface area contributed by atoms with Crippen LogP contribution in [0.2, 0.25) is 0 Å². The molecular formula is C10H16N2O2. The third-order valence-electron chi connectivity index (χ3n) is 1.90. The fourth-order valence-electron chi connectivity index (χ4n) is 1.25. The van der Waals surface area contributed by atoms with Crippen LogP contribution in [0.1, 0.15) is 36.5 Å². The summed E-state index contributed by atoms with van der Waals surface area (Å²) in [5.74, 6) is -0.342. The van der Waals surface area contributed by atoms with E-state index >= 15 is 0 Å². The molecule has 0 aliphatic heterocycles. The fraction of sp³-hybridized carbons (Fsp3) is 0.600. The Hall–Kier alpha value is -1.32. The number of carbonyl (C=O) groups excluding carboxylic acids is 1. The van der Waals surface area contributed by atoms with Crippen molar-refractivity contribution in [2.75, 3.05) is 6.61 Å². The largest absolute Gasteiger partial charge is 0.461 e. The van der Waals surface area contributed by atoms with E-state index in [9.17, 15) is 4.79 Å². The van der Waals surface area contributed by atoms with Crippen molar-refractivity contribution in [3.05, 3.63) is 17.5 Å². The molecule has 0 aliphatic rings. The van der Waals surface area contributed by atoms with E-state index in [0.29, 0.717) is 12.3 Å². The monoisotopic (exact) mass is 196 g/mol. The van der Waals surface area contributed by atoms with Crippen LogP contribution in [0.15, 0.2) is 6.07 Å². The lowest BCUT2D eigenvalue weighted by Crippen LogP contribution is -2.07. The van der Waals surface area contributed by atoms with Crippen LogP contribution in [0.25, 0.3) is 0 Å². The van der Waals surface area contributed by atoms with Gasteiger partial charge >= 0.3 is 5.97 Å². The number of hydrogen-bond donors (Lipinski definition) is 0. The molecule has 0 aliphatic carbocycles. The molecule has 0 amide bonds. The Kier molecular flexibility index (Phi) is 3.68. The minimum atomic E-state index is -0.342. The Balaban J connectivity index is 2.79. The van der Waals surface area contributed by atoms with E-state index in [0.717, 1.165) is 18.7 Å². The minimum absolute atomic E-state index is 0.342. The zero-order chi connectivity index (χ0) is 10.6. The third kappa shape index (κ3) is 2.34. The Bertz CT molecular complexity index is 318. The van der Waals surface area contributed by atoms with Gasteiger partial charge < -0.3 is 4.74 Å². The second-order valence-electron chi connectivity index (χ2n) is 3.11. The summed E-state index contributed by atoms with van der Waals surface area (Å²) in [6.07, 6.45) is 1.00. The highest BCUT2D eigenvalue weighted by molar-refractivity contribution is 5.87. The van der Waals surface area contributed by atoms with Crippen molar-refractivity contribution in [3.8, 4) is 0 Å². The van der Waals surface area contributed by atoms with E-state index in [4.69, 9.17) is 4.74 Å². The van der Waals surface area contributed by atoms with Gasteiger partial charge in [-0.25, -0.2) is 4.79 Å². The van der Waals surface area contributed by atoms with Gasteiger partial charge in [-0.3, -0.25) is 4.68 Å². The van der Waals surface area contributed by atoms with Gasteiger partial charge in [-0.05, 0) is 26.3 Å². The van der Waals surface area contributed by atoms with Gasteiger partial charge in [0.25, 0.3) is 0 Å². The number of esters is 1. The number of aryl methyl sites for hydroxylation is 2. The molecule has 0 saturated heterocycles. The van der Waals surface area contributed by atoms with Gasteiger partial charge in [0.15, 0.2) is 5.69 Å². The van der Waals surface area contributed by atoms with E-state index in [1.807, 2.05) is 11.6 Å². The molecule has 0 N–H and O–H groups in total. The van der Waals surface area contributed by atoms with Gasteiger partial charge in [0.1, 0.15) is 0 Å². The quantitative estimate of drug-likeness (QED) is 0.689. The molecule has 0 saturated carbocycles. The second-order valence-corrected chi connectivity index (χ2v) is 3.11. The molecule has 0 fully saturated rings. The summed E-state index contributed by atoms with van der Waals surface area (Å²) >= 11 is 0. The first kappa shape index (κ1) is 10.8. The Morgan fingerprint density at radius 1 is 1.57 bits per heavy atom. The van der Waals surface area contributed by atoms with Gasteiger partial charge in [0.2, 0.25) is 0 Å². The summed E-state index contributed by atoms with van der Waals surface area (Å²) in [7, 11) is 0. The molecule has 4 heteroatoms. The fourth-order valence-corrected chi connectivity index (χ4v) is 1.25. The molecule has 1 aromatic rings. The molecule has 0 aromatic carbocycles. The number of carbonyl (C=O) groups is 1. The highest BCUT2D eigenvalue weighted by Crippen LogP contribution is 2.05. The van der Waals surface area contributed by atoms with E-state index in [2.05, 4.69) is 12.0 Å². The molecule has 1 aromatic heterocycles. The average molecular weight is 196 g/mol. The highest BCUT2D eigenvalue weighted by Gasteiger charge is 2.12. The summed E-state index contributed by atoms with van der Waals surface area (Å²) in [6.45, 7) is 7.02. The molecule has 1 rings (SSSR count). The smallest absolute Gasteiger partial charge is 0.358 e. The van der Waals surface area contributed by atoms with Crippen LogP contribution in [-0.2, 0) is 11.3 Å². The maximum atomic E-state index is 11.3. The molecule has 0 radical (unpaired) electrons. The lowest BCUT2D eigenvalue weighted by molar-refractivity contribution is 0.0518. The van der Waals surface area contributed by atoms with Crippen LogP contribution in [0, 0.1) is 6.92 Å². The number of aromatic nitrogens is 2. The summed E-state index contributed by atoms with van der Waals surface area (Å²) in [4.78, 5) is 11.3. The second kappa shape index (κ2) is 4.79. The Morgan fingerprint density at radius 2 is 2.29 bits per heavy atom. The molecule has 0 bridgehead atoms. The molecule has 78 valence electrons. The van der Waals surface area contributed by atoms with Gasteiger partial charge in [-0.15, -0.1) is 0 Å². The van der Waals surface area contributed by atoms with Crippen LogP contribution in [0.4, 0.5) is 0 Å². The minimum Gasteiger partial charge on any atom is -0.461 e. The molecule has 0 spiro atoms. The third-order valence-corrected chi connectivity index (χ3v) is 1.90. The Labute approximate surface area is 83.9 Å². The predicted molar refractivity (Wildman–Crippen MR) is 53.2 cm³/mol. The van der Waals surface area contributed by atoms with E-state index in [-0.39, 0.29) is 5.97 Å². The standard InChI is InChI=1S/C10H16N2O2/c1-4-6-12-8(3)7-9(11-12)10(13)14-5-2/h7H,4-6H2,1-3H3. The lowest BCUT2D eigenvalue weighted by atomic mass is 10.4. The molecular weight excluding hydrogens is 180 g/mol. The van der Waals surface area contributed by atoms with Crippen molar-refractivity contribution in [2.24, 2.45) is 0 Å². The van der Waals surface area contributed by atoms with Gasteiger partial charge in [-0.1, -0.05) is 6.92 Å². The lowest BCUT2D eigenvalue weighted by Gasteiger charge is -1.99. The van der Waals surface area contributed by atoms with Crippen LogP contribution in [-0.4, -0.2) is 22.4 Å². The predicted octanol–water partition coefficient (Wildman–Crippen LogP) is 1.78. The summed E-state index contributed by atoms with van der Waals surface area (Å²) < 4.78 is 6.69. The zero-order valence-corrected chi connectivity index (χ0v) is 8.91. The number of nitrogens with zero attached hydrogens (tertiary/aromatic N) is 2. The molecule has 4 nitrogen and oxygen atoms in total. The normalized spacial score (nSPS) is 10.2. The number of ether oxygens (including phenoxy) is 1. The first-order valence-electron chi connectivity index (χ1n) is 4.90. The molecule has 0 unspecified atom stereocenters. The van der Waals surface area contributed by atoms with Crippen LogP contribution < -0.4 is 0 Å². The van der Waals surface area contributed by atoms with Crippen LogP contribution in [0.3, 0.4) is 0 Å². The van der Waals surface area contributed by atoms with Crippen molar-refractivity contribution in [1.82, 2.24) is 9.78 Å². The number of rotatable bonds is 4. The van der Waals surface area contributed by atoms with E-state index < -0.39 is 0 Å².